The summed E-state index contributed by atoms with van der Waals surface area (Å²) in [7, 11) is 3.93. The number of anilines is 1. The molecule has 8 heteroatoms. The Hall–Kier alpha value is -3.29. The zero-order chi connectivity index (χ0) is 17.7. The SMILES string of the molecule is Cc1[nH]nc2c1C(c1ccc(N(C)C)cc1)c1c([nH]c(=O)[nH]c1=O)O2. The zero-order valence-electron chi connectivity index (χ0n) is 14.0. The number of ether oxygens (including phenoxy) is 1. The third-order valence-electron chi connectivity index (χ3n) is 4.42. The van der Waals surface area contributed by atoms with Crippen LogP contribution in [0.4, 0.5) is 5.69 Å². The molecule has 1 unspecified atom stereocenters. The van der Waals surface area contributed by atoms with Gasteiger partial charge in [-0.15, -0.1) is 5.10 Å². The Balaban J connectivity index is 1.96. The summed E-state index contributed by atoms with van der Waals surface area (Å²) in [6.45, 7) is 1.88. The fourth-order valence-corrected chi connectivity index (χ4v) is 3.19. The van der Waals surface area contributed by atoms with Crippen LogP contribution in [0.5, 0.6) is 11.8 Å². The Kier molecular flexibility index (Phi) is 3.28. The van der Waals surface area contributed by atoms with E-state index in [1.165, 1.54) is 0 Å². The van der Waals surface area contributed by atoms with Crippen molar-refractivity contribution in [1.29, 1.82) is 0 Å². The van der Waals surface area contributed by atoms with E-state index >= 15 is 0 Å². The number of aromatic amines is 3. The van der Waals surface area contributed by atoms with Crippen LogP contribution in [-0.4, -0.2) is 34.3 Å². The minimum atomic E-state index is -0.610. The monoisotopic (exact) mass is 339 g/mol. The molecule has 128 valence electrons. The molecule has 1 atom stereocenters. The summed E-state index contributed by atoms with van der Waals surface area (Å²) in [5.41, 5.74) is 2.87. The van der Waals surface area contributed by atoms with Crippen LogP contribution in [0.2, 0.25) is 0 Å². The quantitative estimate of drug-likeness (QED) is 0.512. The second kappa shape index (κ2) is 5.37. The first-order valence-corrected chi connectivity index (χ1v) is 7.82. The summed E-state index contributed by atoms with van der Waals surface area (Å²) < 4.78 is 5.65. The van der Waals surface area contributed by atoms with Gasteiger partial charge in [-0.25, -0.2) is 4.79 Å². The maximum absolute atomic E-state index is 12.5. The van der Waals surface area contributed by atoms with Crippen LogP contribution in [0.15, 0.2) is 33.9 Å². The predicted molar refractivity (Wildman–Crippen MR) is 92.8 cm³/mol. The molecule has 8 nitrogen and oxygen atoms in total. The summed E-state index contributed by atoms with van der Waals surface area (Å²) >= 11 is 0. The normalized spacial score (nSPS) is 15.2. The second-order valence-corrected chi connectivity index (χ2v) is 6.24. The van der Waals surface area contributed by atoms with Gasteiger partial charge in [-0.3, -0.25) is 19.9 Å². The number of benzene rings is 1. The van der Waals surface area contributed by atoms with E-state index in [0.29, 0.717) is 11.4 Å². The van der Waals surface area contributed by atoms with Crippen molar-refractivity contribution >= 4 is 5.69 Å². The van der Waals surface area contributed by atoms with Gasteiger partial charge in [-0.1, -0.05) is 12.1 Å². The summed E-state index contributed by atoms with van der Waals surface area (Å²) in [5, 5.41) is 7.04. The molecular weight excluding hydrogens is 322 g/mol. The molecule has 0 spiro atoms. The van der Waals surface area contributed by atoms with Gasteiger partial charge in [0.25, 0.3) is 5.56 Å². The van der Waals surface area contributed by atoms with Gasteiger partial charge < -0.3 is 9.64 Å². The third-order valence-corrected chi connectivity index (χ3v) is 4.42. The van der Waals surface area contributed by atoms with Gasteiger partial charge in [0.2, 0.25) is 11.8 Å². The number of rotatable bonds is 2. The Labute approximate surface area is 142 Å². The van der Waals surface area contributed by atoms with E-state index in [9.17, 15) is 9.59 Å². The smallest absolute Gasteiger partial charge is 0.328 e. The highest BCUT2D eigenvalue weighted by Crippen LogP contribution is 2.45. The summed E-state index contributed by atoms with van der Waals surface area (Å²) in [4.78, 5) is 30.9. The summed E-state index contributed by atoms with van der Waals surface area (Å²) in [6, 6.07) is 7.91. The fourth-order valence-electron chi connectivity index (χ4n) is 3.19. The third kappa shape index (κ3) is 2.34. The van der Waals surface area contributed by atoms with Crippen LogP contribution in [0.1, 0.15) is 28.3 Å². The topological polar surface area (TPSA) is 107 Å². The predicted octanol–water partition coefficient (Wildman–Crippen LogP) is 1.45. The van der Waals surface area contributed by atoms with Crippen molar-refractivity contribution in [2.24, 2.45) is 0 Å². The van der Waals surface area contributed by atoms with E-state index < -0.39 is 11.2 Å². The van der Waals surface area contributed by atoms with Crippen LogP contribution in [0.3, 0.4) is 0 Å². The highest BCUT2D eigenvalue weighted by molar-refractivity contribution is 5.57. The second-order valence-electron chi connectivity index (χ2n) is 6.24. The average Bonchev–Trinajstić information content (AvgIpc) is 2.93. The Bertz CT molecular complexity index is 1060. The minimum Gasteiger partial charge on any atom is -0.420 e. The van der Waals surface area contributed by atoms with Gasteiger partial charge in [0.05, 0.1) is 11.5 Å². The molecule has 0 aliphatic carbocycles. The Morgan fingerprint density at radius 3 is 2.48 bits per heavy atom. The molecular formula is C17H17N5O3. The lowest BCUT2D eigenvalue weighted by Crippen LogP contribution is -2.30. The van der Waals surface area contributed by atoms with Crippen molar-refractivity contribution < 1.29 is 4.74 Å². The maximum atomic E-state index is 12.5. The number of H-pyrrole nitrogens is 3. The number of aryl methyl sites for hydroxylation is 1. The zero-order valence-corrected chi connectivity index (χ0v) is 14.0. The molecule has 0 radical (unpaired) electrons. The van der Waals surface area contributed by atoms with Crippen molar-refractivity contribution in [3.63, 3.8) is 0 Å². The van der Waals surface area contributed by atoms with Crippen molar-refractivity contribution in [3.05, 3.63) is 67.5 Å². The molecule has 25 heavy (non-hydrogen) atoms. The van der Waals surface area contributed by atoms with Crippen LogP contribution in [0, 0.1) is 6.92 Å². The number of hydrogen-bond donors (Lipinski definition) is 3. The first-order valence-electron chi connectivity index (χ1n) is 7.82. The fraction of sp³-hybridized carbons (Fsp3) is 0.235. The Morgan fingerprint density at radius 2 is 1.80 bits per heavy atom. The van der Waals surface area contributed by atoms with Gasteiger partial charge in [-0.05, 0) is 24.6 Å². The lowest BCUT2D eigenvalue weighted by atomic mass is 9.84. The first-order chi connectivity index (χ1) is 12.0. The van der Waals surface area contributed by atoms with Gasteiger partial charge in [0.15, 0.2) is 0 Å². The van der Waals surface area contributed by atoms with Crippen LogP contribution in [0.25, 0.3) is 0 Å². The van der Waals surface area contributed by atoms with Gasteiger partial charge in [0.1, 0.15) is 0 Å². The first kappa shape index (κ1) is 15.3. The summed E-state index contributed by atoms with van der Waals surface area (Å²) in [5.74, 6) is 0.122. The number of nitrogens with one attached hydrogen (secondary N) is 3. The molecule has 1 aromatic carbocycles. The molecule has 0 fully saturated rings. The Morgan fingerprint density at radius 1 is 1.08 bits per heavy atom. The molecule has 3 aromatic rings. The molecule has 2 aromatic heterocycles. The van der Waals surface area contributed by atoms with Gasteiger partial charge in [0, 0.05) is 31.0 Å². The molecule has 0 bridgehead atoms. The minimum absolute atomic E-state index is 0.134. The maximum Gasteiger partial charge on any atom is 0.328 e. The van der Waals surface area contributed by atoms with E-state index in [1.807, 2.05) is 50.2 Å². The van der Waals surface area contributed by atoms with Crippen LogP contribution < -0.4 is 20.9 Å². The van der Waals surface area contributed by atoms with Gasteiger partial charge >= 0.3 is 5.69 Å². The van der Waals surface area contributed by atoms with Crippen molar-refractivity contribution in [2.75, 3.05) is 19.0 Å². The lowest BCUT2D eigenvalue weighted by molar-refractivity contribution is 0.412. The highest BCUT2D eigenvalue weighted by atomic mass is 16.5. The molecule has 4 rings (SSSR count). The lowest BCUT2D eigenvalue weighted by Gasteiger charge is -2.25. The van der Waals surface area contributed by atoms with Gasteiger partial charge in [-0.2, -0.15) is 0 Å². The number of hydrogen-bond acceptors (Lipinski definition) is 5. The number of fused-ring (bicyclic) bond motifs is 2. The highest BCUT2D eigenvalue weighted by Gasteiger charge is 2.35. The number of aromatic nitrogens is 4. The molecule has 0 amide bonds. The van der Waals surface area contributed by atoms with E-state index in [0.717, 1.165) is 22.5 Å². The van der Waals surface area contributed by atoms with E-state index in [2.05, 4.69) is 20.2 Å². The van der Waals surface area contributed by atoms with Crippen molar-refractivity contribution in [1.82, 2.24) is 20.2 Å². The van der Waals surface area contributed by atoms with Crippen molar-refractivity contribution in [2.45, 2.75) is 12.8 Å². The molecule has 3 N–H and O–H groups in total. The molecule has 3 heterocycles. The molecule has 1 aliphatic rings. The summed E-state index contributed by atoms with van der Waals surface area (Å²) in [6.07, 6.45) is 0. The standard InChI is InChI=1S/C17H17N5O3/c1-8-11-12(9-4-6-10(7-5-9)22(2)3)13-14(23)18-17(24)19-15(13)25-16(11)21-20-8/h4-7,12H,1-3H3,(H,20,21)(H2,18,19,23,24). The average molecular weight is 339 g/mol. The van der Waals surface area contributed by atoms with E-state index in [4.69, 9.17) is 4.74 Å². The molecule has 0 saturated carbocycles. The van der Waals surface area contributed by atoms with Crippen molar-refractivity contribution in [3.8, 4) is 11.8 Å². The largest absolute Gasteiger partial charge is 0.420 e. The van der Waals surface area contributed by atoms with Crippen LogP contribution >= 0.6 is 0 Å². The van der Waals surface area contributed by atoms with Crippen LogP contribution in [-0.2, 0) is 0 Å². The molecule has 0 saturated heterocycles. The van der Waals surface area contributed by atoms with E-state index in [-0.39, 0.29) is 11.8 Å². The molecule has 1 aliphatic heterocycles. The number of nitrogens with zero attached hydrogens (tertiary/aromatic N) is 2. The van der Waals surface area contributed by atoms with E-state index in [1.54, 1.807) is 0 Å².